The highest BCUT2D eigenvalue weighted by molar-refractivity contribution is 5.99. The Hall–Kier alpha value is -3.26. The highest BCUT2D eigenvalue weighted by Gasteiger charge is 2.11. The molecule has 3 aromatic rings. The average molecular weight is 425 g/mol. The van der Waals surface area contributed by atoms with Crippen molar-refractivity contribution in [3.63, 3.8) is 0 Å². The molecule has 0 amide bonds. The Bertz CT molecular complexity index is 1090. The number of alkyl halides is 1. The van der Waals surface area contributed by atoms with Gasteiger partial charge in [-0.1, -0.05) is 6.92 Å². The molecule has 1 aromatic heterocycles. The molecular weight excluding hydrogens is 395 g/mol. The van der Waals surface area contributed by atoms with E-state index < -0.39 is 12.3 Å². The molecule has 164 valence electrons. The number of nitrogens with zero attached hydrogens (tertiary/aromatic N) is 4. The zero-order valence-electron chi connectivity index (χ0n) is 18.6. The monoisotopic (exact) mass is 424 g/mol. The number of likely N-dealkylation sites (N-methyl/N-ethyl adjacent to an activating group) is 1. The summed E-state index contributed by atoms with van der Waals surface area (Å²) in [4.78, 5) is 12.8. The molecule has 0 aliphatic heterocycles. The third kappa shape index (κ3) is 5.67. The standard InChI is InChI=1S/C23H29FN6O/c1-6-22(27-13-26-16(3)23(24)25-4)29-17-7-10-21(15(2)11-17)31-18-8-9-20-19(12-18)28-14-30(20)5/h7-14,16,23,25H,6H2,1-5H3,(H,26,27,29)/t16-,23?/m1/s1. The Morgan fingerprint density at radius 2 is 2.10 bits per heavy atom. The van der Waals surface area contributed by atoms with Gasteiger partial charge in [0.1, 0.15) is 23.7 Å². The van der Waals surface area contributed by atoms with Crippen LogP contribution in [-0.4, -0.2) is 41.1 Å². The number of nitrogens with one attached hydrogen (secondary N) is 2. The van der Waals surface area contributed by atoms with E-state index in [4.69, 9.17) is 4.74 Å². The molecule has 2 aromatic carbocycles. The number of amidine groups is 1. The second-order valence-electron chi connectivity index (χ2n) is 7.34. The first-order valence-corrected chi connectivity index (χ1v) is 10.3. The van der Waals surface area contributed by atoms with Gasteiger partial charge in [-0.15, -0.1) is 0 Å². The fourth-order valence-electron chi connectivity index (χ4n) is 3.05. The van der Waals surface area contributed by atoms with E-state index in [0.29, 0.717) is 6.42 Å². The third-order valence-electron chi connectivity index (χ3n) is 4.94. The van der Waals surface area contributed by atoms with Crippen LogP contribution in [-0.2, 0) is 7.05 Å². The van der Waals surface area contributed by atoms with Gasteiger partial charge < -0.3 is 14.6 Å². The molecule has 0 aliphatic rings. The highest BCUT2D eigenvalue weighted by Crippen LogP contribution is 2.29. The van der Waals surface area contributed by atoms with Crippen LogP contribution >= 0.6 is 0 Å². The van der Waals surface area contributed by atoms with Gasteiger partial charge in [0.15, 0.2) is 6.30 Å². The van der Waals surface area contributed by atoms with Crippen molar-refractivity contribution >= 4 is 28.9 Å². The number of halogens is 1. The minimum absolute atomic E-state index is 0.504. The zero-order valence-corrected chi connectivity index (χ0v) is 18.6. The minimum Gasteiger partial charge on any atom is -0.457 e. The van der Waals surface area contributed by atoms with E-state index in [1.807, 2.05) is 61.9 Å². The van der Waals surface area contributed by atoms with Crippen LogP contribution in [0.1, 0.15) is 25.8 Å². The lowest BCUT2D eigenvalue weighted by Gasteiger charge is -2.13. The molecule has 31 heavy (non-hydrogen) atoms. The fraction of sp³-hybridized carbons (Fsp3) is 0.348. The maximum Gasteiger partial charge on any atom is 0.173 e. The Balaban J connectivity index is 1.68. The summed E-state index contributed by atoms with van der Waals surface area (Å²) in [5.41, 5.74) is 3.83. The van der Waals surface area contributed by atoms with Gasteiger partial charge in [-0.2, -0.15) is 0 Å². The molecule has 0 saturated heterocycles. The Kier molecular flexibility index (Phi) is 7.36. The summed E-state index contributed by atoms with van der Waals surface area (Å²) in [6.45, 7) is 5.68. The molecule has 2 atom stereocenters. The molecule has 8 heteroatoms. The van der Waals surface area contributed by atoms with Crippen molar-refractivity contribution in [3.8, 4) is 11.5 Å². The predicted octanol–water partition coefficient (Wildman–Crippen LogP) is 4.83. The maximum absolute atomic E-state index is 13.5. The van der Waals surface area contributed by atoms with Crippen molar-refractivity contribution in [2.45, 2.75) is 39.5 Å². The fourth-order valence-corrected chi connectivity index (χ4v) is 3.05. The summed E-state index contributed by atoms with van der Waals surface area (Å²) in [5.74, 6) is 2.25. The Morgan fingerprint density at radius 1 is 1.29 bits per heavy atom. The zero-order chi connectivity index (χ0) is 22.4. The number of fused-ring (bicyclic) bond motifs is 1. The van der Waals surface area contributed by atoms with E-state index in [9.17, 15) is 4.39 Å². The maximum atomic E-state index is 13.5. The topological polar surface area (TPSA) is 75.8 Å². The number of aryl methyl sites for hydroxylation is 2. The molecule has 0 radical (unpaired) electrons. The van der Waals surface area contributed by atoms with E-state index in [1.165, 1.54) is 6.34 Å². The summed E-state index contributed by atoms with van der Waals surface area (Å²) in [6, 6.07) is 11.2. The van der Waals surface area contributed by atoms with Crippen molar-refractivity contribution in [1.82, 2.24) is 14.9 Å². The normalized spacial score (nSPS) is 14.2. The van der Waals surface area contributed by atoms with Gasteiger partial charge in [0.05, 0.1) is 23.4 Å². The van der Waals surface area contributed by atoms with Crippen molar-refractivity contribution in [1.29, 1.82) is 0 Å². The lowest BCUT2D eigenvalue weighted by molar-refractivity contribution is 0.255. The van der Waals surface area contributed by atoms with Gasteiger partial charge in [-0.05, 0) is 56.8 Å². The average Bonchev–Trinajstić information content (AvgIpc) is 3.14. The van der Waals surface area contributed by atoms with Crippen LogP contribution in [0, 0.1) is 6.92 Å². The number of hydrogen-bond acceptors (Lipinski definition) is 4. The second-order valence-corrected chi connectivity index (χ2v) is 7.34. The summed E-state index contributed by atoms with van der Waals surface area (Å²) < 4.78 is 21.5. The lowest BCUT2D eigenvalue weighted by Crippen LogP contribution is -2.30. The SMILES string of the molecule is CC/C(=N\C=N/[C@H](C)C(F)NC)Nc1ccc(Oc2ccc3c(c2)ncn3C)c(C)c1. The summed E-state index contributed by atoms with van der Waals surface area (Å²) in [7, 11) is 3.53. The van der Waals surface area contributed by atoms with Crippen molar-refractivity contribution in [2.24, 2.45) is 17.0 Å². The smallest absolute Gasteiger partial charge is 0.173 e. The molecule has 0 spiro atoms. The number of aliphatic imine (C=N–C) groups is 2. The highest BCUT2D eigenvalue weighted by atomic mass is 19.1. The molecular formula is C23H29FN6O. The van der Waals surface area contributed by atoms with Gasteiger partial charge >= 0.3 is 0 Å². The van der Waals surface area contributed by atoms with Crippen LogP contribution in [0.25, 0.3) is 11.0 Å². The van der Waals surface area contributed by atoms with E-state index in [0.717, 1.165) is 39.6 Å². The largest absolute Gasteiger partial charge is 0.457 e. The summed E-state index contributed by atoms with van der Waals surface area (Å²) in [6.07, 6.45) is 2.68. The number of hydrogen-bond donors (Lipinski definition) is 2. The molecule has 1 unspecified atom stereocenters. The molecule has 1 heterocycles. The van der Waals surface area contributed by atoms with Gasteiger partial charge in [0, 0.05) is 25.2 Å². The molecule has 7 nitrogen and oxygen atoms in total. The Morgan fingerprint density at radius 3 is 2.81 bits per heavy atom. The minimum atomic E-state index is -1.20. The van der Waals surface area contributed by atoms with Gasteiger partial charge in [-0.25, -0.2) is 14.4 Å². The number of ether oxygens (including phenoxy) is 1. The van der Waals surface area contributed by atoms with Crippen LogP contribution in [0.2, 0.25) is 0 Å². The molecule has 2 N–H and O–H groups in total. The van der Waals surface area contributed by atoms with Gasteiger partial charge in [0.2, 0.25) is 0 Å². The predicted molar refractivity (Wildman–Crippen MR) is 125 cm³/mol. The van der Waals surface area contributed by atoms with Crippen LogP contribution in [0.5, 0.6) is 11.5 Å². The number of imidazole rings is 1. The van der Waals surface area contributed by atoms with E-state index in [2.05, 4.69) is 25.6 Å². The summed E-state index contributed by atoms with van der Waals surface area (Å²) in [5, 5.41) is 5.82. The number of benzene rings is 2. The molecule has 0 fully saturated rings. The van der Waals surface area contributed by atoms with Crippen LogP contribution in [0.3, 0.4) is 0 Å². The molecule has 0 aliphatic carbocycles. The van der Waals surface area contributed by atoms with Crippen LogP contribution in [0.4, 0.5) is 10.1 Å². The van der Waals surface area contributed by atoms with E-state index in [-0.39, 0.29) is 0 Å². The van der Waals surface area contributed by atoms with Crippen LogP contribution in [0.15, 0.2) is 52.7 Å². The molecule has 3 rings (SSSR count). The van der Waals surface area contributed by atoms with E-state index in [1.54, 1.807) is 20.3 Å². The first-order chi connectivity index (χ1) is 14.9. The molecule has 0 bridgehead atoms. The van der Waals surface area contributed by atoms with Crippen molar-refractivity contribution in [3.05, 3.63) is 48.3 Å². The number of anilines is 1. The van der Waals surface area contributed by atoms with Gasteiger partial charge in [-0.3, -0.25) is 10.3 Å². The first-order valence-electron chi connectivity index (χ1n) is 10.3. The lowest BCUT2D eigenvalue weighted by atomic mass is 10.2. The first kappa shape index (κ1) is 22.4. The number of aromatic nitrogens is 2. The van der Waals surface area contributed by atoms with Gasteiger partial charge in [0.25, 0.3) is 0 Å². The van der Waals surface area contributed by atoms with Crippen LogP contribution < -0.4 is 15.4 Å². The summed E-state index contributed by atoms with van der Waals surface area (Å²) >= 11 is 0. The van der Waals surface area contributed by atoms with Crippen molar-refractivity contribution < 1.29 is 9.13 Å². The molecule has 0 saturated carbocycles. The third-order valence-corrected chi connectivity index (χ3v) is 4.94. The van der Waals surface area contributed by atoms with Crippen molar-refractivity contribution in [2.75, 3.05) is 12.4 Å². The Labute approximate surface area is 182 Å². The quantitative estimate of drug-likeness (QED) is 0.309. The van der Waals surface area contributed by atoms with E-state index >= 15 is 0 Å². The number of rotatable bonds is 8. The second kappa shape index (κ2) is 10.2.